The van der Waals surface area contributed by atoms with Crippen molar-refractivity contribution in [2.45, 2.75) is 76.4 Å². The molecule has 0 amide bonds. The van der Waals surface area contributed by atoms with Crippen LogP contribution in [0.2, 0.25) is 0 Å². The standard InChI is InChI=1S/C21H28BF3N2O8P/c1-13(2)31-19(28)14(3)27-36(29,35-15-9-7-6-8-10-15)30-12-21(11-26)17-16(32-20(4,5)33-17)18(34-21)22(23,24)25/h6-10,13-14,16-18H,12H2,1-5H3,(H,27,29)/q-1/t14-,16+,17-,18+,21+,36-/m0/s1. The lowest BCUT2D eigenvalue weighted by molar-refractivity contribution is -0.196. The van der Waals surface area contributed by atoms with Gasteiger partial charge in [-0.05, 0) is 46.8 Å². The molecule has 0 bridgehead atoms. The van der Waals surface area contributed by atoms with E-state index in [0.29, 0.717) is 0 Å². The highest BCUT2D eigenvalue weighted by atomic mass is 31.2. The molecule has 3 rings (SSSR count). The molecule has 1 aromatic rings. The molecule has 2 heterocycles. The second-order valence-corrected chi connectivity index (χ2v) is 10.9. The van der Waals surface area contributed by atoms with Gasteiger partial charge in [0.15, 0.2) is 5.79 Å². The lowest BCUT2D eigenvalue weighted by Gasteiger charge is -2.32. The molecule has 1 aromatic carbocycles. The van der Waals surface area contributed by atoms with E-state index in [-0.39, 0.29) is 5.75 Å². The maximum absolute atomic E-state index is 13.8. The third kappa shape index (κ3) is 6.40. The van der Waals surface area contributed by atoms with Gasteiger partial charge in [0.05, 0.1) is 18.2 Å². The summed E-state index contributed by atoms with van der Waals surface area (Å²) < 4.78 is 87.1. The van der Waals surface area contributed by atoms with Gasteiger partial charge in [0.2, 0.25) is 5.60 Å². The number of fused-ring (bicyclic) bond motifs is 1. The first-order valence-corrected chi connectivity index (χ1v) is 12.8. The van der Waals surface area contributed by atoms with Gasteiger partial charge in [-0.15, -0.1) is 0 Å². The van der Waals surface area contributed by atoms with Crippen molar-refractivity contribution in [2.75, 3.05) is 6.61 Å². The van der Waals surface area contributed by atoms with E-state index in [2.05, 4.69) is 5.09 Å². The third-order valence-electron chi connectivity index (χ3n) is 5.30. The van der Waals surface area contributed by atoms with Gasteiger partial charge in [-0.2, -0.15) is 10.3 Å². The molecule has 0 unspecified atom stereocenters. The molecule has 0 radical (unpaired) electrons. The Balaban J connectivity index is 1.88. The zero-order valence-corrected chi connectivity index (χ0v) is 21.2. The summed E-state index contributed by atoms with van der Waals surface area (Å²) in [6.07, 6.45) is -3.60. The summed E-state index contributed by atoms with van der Waals surface area (Å²) in [5.74, 6) is -2.13. The predicted molar refractivity (Wildman–Crippen MR) is 121 cm³/mol. The number of halogens is 3. The third-order valence-corrected chi connectivity index (χ3v) is 6.92. The number of carbonyl (C=O) groups is 1. The molecule has 1 N–H and O–H groups in total. The van der Waals surface area contributed by atoms with Crippen LogP contribution in [0, 0.1) is 11.3 Å². The van der Waals surface area contributed by atoms with Crippen molar-refractivity contribution in [2.24, 2.45) is 0 Å². The number of nitriles is 1. The van der Waals surface area contributed by atoms with Crippen LogP contribution in [0.1, 0.15) is 34.6 Å². The topological polar surface area (TPSA) is 125 Å². The fourth-order valence-corrected chi connectivity index (χ4v) is 5.33. The fourth-order valence-electron chi connectivity index (χ4n) is 3.81. The van der Waals surface area contributed by atoms with Crippen LogP contribution in [0.25, 0.3) is 0 Å². The number of nitrogens with zero attached hydrogens (tertiary/aromatic N) is 1. The van der Waals surface area contributed by atoms with E-state index >= 15 is 0 Å². The number of ether oxygens (including phenoxy) is 4. The van der Waals surface area contributed by atoms with Crippen molar-refractivity contribution in [1.29, 1.82) is 5.26 Å². The number of nitrogens with one attached hydrogen (secondary N) is 1. The molecular formula is C21H28BF3N2O8P-. The average Bonchev–Trinajstić information content (AvgIpc) is 3.23. The van der Waals surface area contributed by atoms with E-state index in [0.717, 1.165) is 0 Å². The SMILES string of the molecule is CC(C)OC(=O)[C@H](C)N[P@](=O)(OC[C@@]1(C#N)O[C@@H]([B-](F)(F)F)[C@@H]2OC(C)(C)O[C@@H]21)Oc1ccccc1. The highest BCUT2D eigenvalue weighted by Gasteiger charge is 2.67. The fraction of sp³-hybridized carbons (Fsp3) is 0.619. The summed E-state index contributed by atoms with van der Waals surface area (Å²) in [5, 5.41) is 12.3. The van der Waals surface area contributed by atoms with E-state index in [1.165, 1.54) is 32.9 Å². The zero-order chi connectivity index (χ0) is 26.9. The van der Waals surface area contributed by atoms with Gasteiger partial charge < -0.3 is 36.4 Å². The molecule has 10 nitrogen and oxygen atoms in total. The maximum atomic E-state index is 13.8. The Morgan fingerprint density at radius 3 is 2.39 bits per heavy atom. The lowest BCUT2D eigenvalue weighted by atomic mass is 9.78. The minimum Gasteiger partial charge on any atom is -0.462 e. The van der Waals surface area contributed by atoms with Crippen LogP contribution in [0.15, 0.2) is 30.3 Å². The number of rotatable bonds is 10. The smallest absolute Gasteiger partial charge is 0.462 e. The van der Waals surface area contributed by atoms with Gasteiger partial charge in [0, 0.05) is 0 Å². The van der Waals surface area contributed by atoms with Crippen LogP contribution >= 0.6 is 7.75 Å². The van der Waals surface area contributed by atoms with Gasteiger partial charge >= 0.3 is 20.7 Å². The minimum atomic E-state index is -5.60. The molecule has 2 aliphatic heterocycles. The Hall–Kier alpha value is -2.14. The van der Waals surface area contributed by atoms with Gasteiger partial charge in [0.25, 0.3) is 0 Å². The summed E-state index contributed by atoms with van der Waals surface area (Å²) in [6, 6.07) is 5.80. The van der Waals surface area contributed by atoms with E-state index < -0.39 is 69.0 Å². The number of carbonyl (C=O) groups excluding carboxylic acids is 1. The summed E-state index contributed by atoms with van der Waals surface area (Å²) in [5.41, 5.74) is -2.33. The molecule has 2 aliphatic rings. The molecule has 0 aliphatic carbocycles. The molecule has 6 atom stereocenters. The molecule has 0 spiro atoms. The van der Waals surface area contributed by atoms with E-state index in [4.69, 9.17) is 28.0 Å². The van der Waals surface area contributed by atoms with Crippen LogP contribution < -0.4 is 9.61 Å². The summed E-state index contributed by atoms with van der Waals surface area (Å²) in [7, 11) is -4.49. The van der Waals surface area contributed by atoms with Crippen molar-refractivity contribution in [1.82, 2.24) is 5.09 Å². The predicted octanol–water partition coefficient (Wildman–Crippen LogP) is 3.69. The molecule has 200 valence electrons. The van der Waals surface area contributed by atoms with Crippen LogP contribution in [0.3, 0.4) is 0 Å². The number of para-hydroxylation sites is 1. The van der Waals surface area contributed by atoms with Crippen molar-refractivity contribution >= 4 is 20.7 Å². The van der Waals surface area contributed by atoms with Crippen LogP contribution in [0.4, 0.5) is 12.9 Å². The highest BCUT2D eigenvalue weighted by Crippen LogP contribution is 2.51. The summed E-state index contributed by atoms with van der Waals surface area (Å²) in [6.45, 7) is 0.841. The average molecular weight is 535 g/mol. The normalized spacial score (nSPS) is 29.7. The molecule has 2 fully saturated rings. The van der Waals surface area contributed by atoms with Gasteiger partial charge in [0.1, 0.15) is 30.6 Å². The largest absolute Gasteiger partial charge is 0.509 e. The Morgan fingerprint density at radius 1 is 1.19 bits per heavy atom. The number of benzene rings is 1. The Labute approximate surface area is 207 Å². The first-order valence-electron chi connectivity index (χ1n) is 11.2. The second-order valence-electron chi connectivity index (χ2n) is 9.24. The maximum Gasteiger partial charge on any atom is 0.509 e. The van der Waals surface area contributed by atoms with E-state index in [1.54, 1.807) is 38.1 Å². The van der Waals surface area contributed by atoms with Crippen molar-refractivity contribution in [3.63, 3.8) is 0 Å². The molecule has 0 saturated carbocycles. The van der Waals surface area contributed by atoms with Gasteiger partial charge in [-0.3, -0.25) is 9.32 Å². The number of hydrogen-bond donors (Lipinski definition) is 1. The first-order chi connectivity index (χ1) is 16.6. The molecule has 2 saturated heterocycles. The lowest BCUT2D eigenvalue weighted by Crippen LogP contribution is -2.47. The van der Waals surface area contributed by atoms with Crippen LogP contribution in [-0.2, 0) is 32.8 Å². The highest BCUT2D eigenvalue weighted by molar-refractivity contribution is 7.52. The summed E-state index contributed by atoms with van der Waals surface area (Å²) in [4.78, 5) is 12.3. The Bertz CT molecular complexity index is 1040. The first kappa shape index (κ1) is 28.4. The van der Waals surface area contributed by atoms with Gasteiger partial charge in [-0.1, -0.05) is 18.2 Å². The van der Waals surface area contributed by atoms with E-state index in [9.17, 15) is 27.6 Å². The van der Waals surface area contributed by atoms with Crippen molar-refractivity contribution < 1.29 is 50.3 Å². The second kappa shape index (κ2) is 10.3. The molecule has 15 heteroatoms. The molecule has 36 heavy (non-hydrogen) atoms. The Kier molecular flexibility index (Phi) is 8.15. The van der Waals surface area contributed by atoms with Crippen LogP contribution in [-0.4, -0.2) is 61.3 Å². The minimum absolute atomic E-state index is 0.0760. The quantitative estimate of drug-likeness (QED) is 0.270. The Morgan fingerprint density at radius 2 is 1.83 bits per heavy atom. The van der Waals surface area contributed by atoms with E-state index in [1.807, 2.05) is 0 Å². The molecule has 0 aromatic heterocycles. The number of esters is 1. The number of hydrogen-bond acceptors (Lipinski definition) is 9. The zero-order valence-electron chi connectivity index (χ0n) is 20.4. The van der Waals surface area contributed by atoms with Gasteiger partial charge in [-0.25, -0.2) is 4.57 Å². The summed E-state index contributed by atoms with van der Waals surface area (Å²) >= 11 is 0. The molecular weight excluding hydrogens is 507 g/mol. The van der Waals surface area contributed by atoms with Crippen molar-refractivity contribution in [3.8, 4) is 11.8 Å². The monoisotopic (exact) mass is 535 g/mol. The van der Waals surface area contributed by atoms with Crippen molar-refractivity contribution in [3.05, 3.63) is 30.3 Å². The van der Waals surface area contributed by atoms with Crippen LogP contribution in [0.5, 0.6) is 5.75 Å².